The fraction of sp³-hybridized carbons (Fsp3) is 0.700. The lowest BCUT2D eigenvalue weighted by Gasteiger charge is -2.37. The van der Waals surface area contributed by atoms with E-state index in [-0.39, 0.29) is 11.5 Å². The van der Waals surface area contributed by atoms with Crippen LogP contribution in [0.25, 0.3) is 0 Å². The third-order valence-corrected chi connectivity index (χ3v) is 5.69. The summed E-state index contributed by atoms with van der Waals surface area (Å²) in [5.41, 5.74) is 2.44. The van der Waals surface area contributed by atoms with E-state index in [2.05, 4.69) is 27.8 Å². The molecule has 1 saturated carbocycles. The van der Waals surface area contributed by atoms with E-state index in [1.54, 1.807) is 0 Å². The Morgan fingerprint density at radius 1 is 1.35 bits per heavy atom. The van der Waals surface area contributed by atoms with Crippen LogP contribution in [0.2, 0.25) is 0 Å². The van der Waals surface area contributed by atoms with E-state index in [0.29, 0.717) is 30.6 Å². The van der Waals surface area contributed by atoms with Gasteiger partial charge in [-0.15, -0.1) is 0 Å². The molecule has 0 aromatic carbocycles. The van der Waals surface area contributed by atoms with Gasteiger partial charge in [0.25, 0.3) is 0 Å². The molecule has 1 aliphatic heterocycles. The highest BCUT2D eigenvalue weighted by Gasteiger charge is 2.30. The first kappa shape index (κ1) is 18.9. The summed E-state index contributed by atoms with van der Waals surface area (Å²) < 4.78 is 7.91. The van der Waals surface area contributed by atoms with Crippen molar-refractivity contribution in [3.05, 3.63) is 16.8 Å². The number of nitriles is 1. The highest BCUT2D eigenvalue weighted by Crippen LogP contribution is 2.37. The van der Waals surface area contributed by atoms with Crippen LogP contribution in [0.1, 0.15) is 62.4 Å². The molecule has 1 N–H and O–H groups in total. The number of hydrogen-bond donors (Lipinski definition) is 1. The van der Waals surface area contributed by atoms with Crippen LogP contribution in [0.3, 0.4) is 0 Å². The van der Waals surface area contributed by atoms with Crippen molar-refractivity contribution in [2.24, 2.45) is 0 Å². The Hall–Kier alpha value is -1.84. The van der Waals surface area contributed by atoms with Crippen LogP contribution >= 0.6 is 0 Å². The molecule has 142 valence electrons. The van der Waals surface area contributed by atoms with Crippen LogP contribution in [0.15, 0.2) is 0 Å². The Balaban J connectivity index is 1.79. The molecule has 1 aromatic rings. The number of nitrogens with zero attached hydrogens (tertiary/aromatic N) is 3. The van der Waals surface area contributed by atoms with E-state index in [1.807, 2.05) is 20.8 Å². The Bertz CT molecular complexity index is 723. The van der Waals surface area contributed by atoms with E-state index in [9.17, 15) is 10.1 Å². The lowest BCUT2D eigenvalue weighted by Crippen LogP contribution is -2.50. The van der Waals surface area contributed by atoms with Crippen LogP contribution < -0.4 is 5.32 Å². The molecule has 0 atom stereocenters. The van der Waals surface area contributed by atoms with Gasteiger partial charge >= 0.3 is 0 Å². The number of carbonyl (C=O) groups is 1. The van der Waals surface area contributed by atoms with Crippen molar-refractivity contribution in [3.63, 3.8) is 0 Å². The minimum atomic E-state index is -0.229. The molecule has 2 heterocycles. The zero-order chi connectivity index (χ0) is 18.9. The maximum Gasteiger partial charge on any atom is 0.239 e. The van der Waals surface area contributed by atoms with Gasteiger partial charge in [0.1, 0.15) is 11.9 Å². The average Bonchev–Trinajstić information content (AvgIpc) is 3.14. The molecule has 2 aliphatic rings. The molecule has 1 aliphatic carbocycles. The van der Waals surface area contributed by atoms with Gasteiger partial charge < -0.3 is 14.6 Å². The summed E-state index contributed by atoms with van der Waals surface area (Å²) in [6.07, 6.45) is 4.64. The number of morpholine rings is 1. The minimum absolute atomic E-state index is 0.0593. The first-order valence-corrected chi connectivity index (χ1v) is 9.60. The fourth-order valence-electron chi connectivity index (χ4n) is 4.33. The largest absolute Gasteiger partial charge is 0.373 e. The Morgan fingerprint density at radius 2 is 2.04 bits per heavy atom. The van der Waals surface area contributed by atoms with Gasteiger partial charge in [-0.3, -0.25) is 9.69 Å². The van der Waals surface area contributed by atoms with E-state index in [1.165, 1.54) is 12.8 Å². The van der Waals surface area contributed by atoms with Gasteiger partial charge in [-0.2, -0.15) is 5.26 Å². The zero-order valence-corrected chi connectivity index (χ0v) is 16.4. The van der Waals surface area contributed by atoms with Gasteiger partial charge in [0.15, 0.2) is 0 Å². The molecule has 0 unspecified atom stereocenters. The SMILES string of the molecule is Cc1c(C#N)c(NC(=O)CN2CCOC(C)(C)C2)n(C2CCCC2)c1C. The van der Waals surface area contributed by atoms with Gasteiger partial charge in [0.05, 0.1) is 24.3 Å². The Labute approximate surface area is 156 Å². The molecule has 26 heavy (non-hydrogen) atoms. The molecule has 0 bridgehead atoms. The number of nitrogens with one attached hydrogen (secondary N) is 1. The molecule has 1 amide bonds. The van der Waals surface area contributed by atoms with Gasteiger partial charge in [-0.25, -0.2) is 0 Å². The number of amides is 1. The van der Waals surface area contributed by atoms with E-state index < -0.39 is 0 Å². The van der Waals surface area contributed by atoms with E-state index in [4.69, 9.17) is 4.74 Å². The Kier molecular flexibility index (Phi) is 5.40. The standard InChI is InChI=1S/C20H30N4O2/c1-14-15(2)24(16-7-5-6-8-16)19(17(14)11-21)22-18(25)12-23-9-10-26-20(3,4)13-23/h16H,5-10,12-13H2,1-4H3,(H,22,25). The second-order valence-corrected chi connectivity index (χ2v) is 8.22. The molecular formula is C20H30N4O2. The molecular weight excluding hydrogens is 328 g/mol. The first-order chi connectivity index (χ1) is 12.3. The van der Waals surface area contributed by atoms with Crippen molar-refractivity contribution in [3.8, 4) is 6.07 Å². The summed E-state index contributed by atoms with van der Waals surface area (Å²) in [6.45, 7) is 10.6. The number of rotatable bonds is 4. The number of carbonyl (C=O) groups excluding carboxylic acids is 1. The van der Waals surface area contributed by atoms with Crippen molar-refractivity contribution < 1.29 is 9.53 Å². The number of ether oxygens (including phenoxy) is 1. The van der Waals surface area contributed by atoms with Crippen LogP contribution in [0, 0.1) is 25.2 Å². The number of hydrogen-bond acceptors (Lipinski definition) is 4. The molecule has 6 nitrogen and oxygen atoms in total. The van der Waals surface area contributed by atoms with E-state index >= 15 is 0 Å². The zero-order valence-electron chi connectivity index (χ0n) is 16.4. The van der Waals surface area contributed by atoms with Crippen molar-refractivity contribution in [1.82, 2.24) is 9.47 Å². The summed E-state index contributed by atoms with van der Waals surface area (Å²) in [5, 5.41) is 12.7. The number of aromatic nitrogens is 1. The van der Waals surface area contributed by atoms with Gasteiger partial charge in [-0.05, 0) is 46.1 Å². The predicted molar refractivity (Wildman–Crippen MR) is 101 cm³/mol. The van der Waals surface area contributed by atoms with Crippen molar-refractivity contribution in [1.29, 1.82) is 5.26 Å². The van der Waals surface area contributed by atoms with Crippen LogP contribution in [0.4, 0.5) is 5.82 Å². The second-order valence-electron chi connectivity index (χ2n) is 8.22. The summed E-state index contributed by atoms with van der Waals surface area (Å²) in [6, 6.07) is 2.68. The van der Waals surface area contributed by atoms with Crippen molar-refractivity contribution in [2.45, 2.75) is 65.0 Å². The maximum absolute atomic E-state index is 12.7. The molecule has 0 radical (unpaired) electrons. The summed E-state index contributed by atoms with van der Waals surface area (Å²) in [7, 11) is 0. The normalized spacial score (nSPS) is 20.9. The molecule has 6 heteroatoms. The van der Waals surface area contributed by atoms with Crippen LogP contribution in [0.5, 0.6) is 0 Å². The molecule has 3 rings (SSSR count). The molecule has 1 aromatic heterocycles. The van der Waals surface area contributed by atoms with Gasteiger partial charge in [0.2, 0.25) is 5.91 Å². The smallest absolute Gasteiger partial charge is 0.239 e. The molecule has 0 spiro atoms. The summed E-state index contributed by atoms with van der Waals surface area (Å²) >= 11 is 0. The molecule has 2 fully saturated rings. The topological polar surface area (TPSA) is 70.3 Å². The van der Waals surface area contributed by atoms with Crippen LogP contribution in [-0.4, -0.2) is 47.2 Å². The van der Waals surface area contributed by atoms with Crippen molar-refractivity contribution >= 4 is 11.7 Å². The maximum atomic E-state index is 12.7. The third kappa shape index (κ3) is 3.79. The first-order valence-electron chi connectivity index (χ1n) is 9.60. The highest BCUT2D eigenvalue weighted by molar-refractivity contribution is 5.93. The lowest BCUT2D eigenvalue weighted by atomic mass is 10.1. The predicted octanol–water partition coefficient (Wildman–Crippen LogP) is 3.14. The number of anilines is 1. The summed E-state index contributed by atoms with van der Waals surface area (Å²) in [4.78, 5) is 14.8. The monoisotopic (exact) mass is 358 g/mol. The quantitative estimate of drug-likeness (QED) is 0.898. The van der Waals surface area contributed by atoms with E-state index in [0.717, 1.165) is 37.2 Å². The third-order valence-electron chi connectivity index (χ3n) is 5.69. The minimum Gasteiger partial charge on any atom is -0.373 e. The van der Waals surface area contributed by atoms with Gasteiger partial charge in [-0.1, -0.05) is 12.8 Å². The highest BCUT2D eigenvalue weighted by atomic mass is 16.5. The van der Waals surface area contributed by atoms with Gasteiger partial charge in [0, 0.05) is 24.8 Å². The molecule has 1 saturated heterocycles. The fourth-order valence-corrected chi connectivity index (χ4v) is 4.33. The van der Waals surface area contributed by atoms with Crippen molar-refractivity contribution in [2.75, 3.05) is 31.6 Å². The second kappa shape index (κ2) is 7.42. The summed E-state index contributed by atoms with van der Waals surface area (Å²) in [5.74, 6) is 0.628. The lowest BCUT2D eigenvalue weighted by molar-refractivity contribution is -0.122. The average molecular weight is 358 g/mol. The Morgan fingerprint density at radius 3 is 2.65 bits per heavy atom. The van der Waals surface area contributed by atoms with Crippen LogP contribution in [-0.2, 0) is 9.53 Å².